The molecule has 27 N–H and O–H groups in total. The maximum Gasteiger partial charge on any atom is 0.317 e. The molecule has 0 spiro atoms. The molecule has 0 radical (unpaired) electrons. The van der Waals surface area contributed by atoms with Crippen molar-refractivity contribution in [3.63, 3.8) is 0 Å². The van der Waals surface area contributed by atoms with E-state index in [0.717, 1.165) is 79.2 Å². The van der Waals surface area contributed by atoms with Gasteiger partial charge in [-0.25, -0.2) is 4.98 Å². The fourth-order valence-electron chi connectivity index (χ4n) is 16.2. The molecule has 4 aromatic rings. The Bertz CT molecular complexity index is 4950. The number of amides is 15. The molecule has 0 unspecified atom stereocenters. The fourth-order valence-corrected chi connectivity index (χ4v) is 16.2. The van der Waals surface area contributed by atoms with Crippen LogP contribution in [0.25, 0.3) is 10.9 Å². The van der Waals surface area contributed by atoms with E-state index in [9.17, 15) is 116 Å². The van der Waals surface area contributed by atoms with E-state index in [0.29, 0.717) is 37.7 Å². The van der Waals surface area contributed by atoms with Gasteiger partial charge in [-0.05, 0) is 102 Å². The van der Waals surface area contributed by atoms with E-state index in [1.54, 1.807) is 43.6 Å². The molecular weight excluding hydrogens is 1930 g/mol. The van der Waals surface area contributed by atoms with Gasteiger partial charge < -0.3 is 142 Å². The number of nitrogens with one attached hydrogen (secondary N) is 16. The summed E-state index contributed by atoms with van der Waals surface area (Å²) in [5.74, 6) is -15.9. The number of aliphatic hydroxyl groups excluding tert-OH is 2. The number of para-hydroxylation sites is 1. The van der Waals surface area contributed by atoms with Gasteiger partial charge in [0.2, 0.25) is 88.6 Å². The lowest BCUT2D eigenvalue weighted by atomic mass is 10.0. The Balaban J connectivity index is 0.000000541. The van der Waals surface area contributed by atoms with Crippen LogP contribution in [-0.4, -0.2) is 346 Å². The number of rotatable bonds is 62. The number of primary amides is 1. The van der Waals surface area contributed by atoms with Crippen LogP contribution in [0.3, 0.4) is 0 Å². The van der Waals surface area contributed by atoms with Gasteiger partial charge in [-0.3, -0.25) is 106 Å². The average molecular weight is 2080 g/mol. The number of guanidine groups is 1. The lowest BCUT2D eigenvalue weighted by Crippen LogP contribution is -2.61. The first-order valence-corrected chi connectivity index (χ1v) is 50.3. The molecule has 50 nitrogen and oxygen atoms in total. The van der Waals surface area contributed by atoms with Crippen molar-refractivity contribution in [2.45, 2.75) is 286 Å². The zero-order chi connectivity index (χ0) is 109. The average Bonchev–Trinajstić information content (AvgIpc) is 1.66. The number of ether oxygens (including phenoxy) is 2. The van der Waals surface area contributed by atoms with Gasteiger partial charge in [0.1, 0.15) is 54.9 Å². The molecular formula is C98H151N23O27. The number of fused-ring (bicyclic) bond motifs is 2. The first-order chi connectivity index (χ1) is 70.8. The molecule has 2 fully saturated rings. The number of nitrogens with two attached hydrogens (primary N) is 3. The predicted molar refractivity (Wildman–Crippen MR) is 538 cm³/mol. The van der Waals surface area contributed by atoms with E-state index in [1.165, 1.54) is 50.5 Å². The number of carbonyl (C=O) groups is 20. The lowest BCUT2D eigenvalue weighted by Gasteiger charge is -2.30. The van der Waals surface area contributed by atoms with Crippen LogP contribution in [0.15, 0.2) is 78.3 Å². The number of likely N-dealkylation sites (N-methyl/N-ethyl adjacent to an activating group) is 1. The van der Waals surface area contributed by atoms with E-state index < -0.39 is 232 Å². The van der Waals surface area contributed by atoms with Crippen molar-refractivity contribution in [1.82, 2.24) is 99.2 Å². The molecule has 2 saturated heterocycles. The van der Waals surface area contributed by atoms with Gasteiger partial charge in [0.15, 0.2) is 17.5 Å². The minimum Gasteiger partial charge on any atom is -0.481 e. The molecule has 820 valence electrons. The molecule has 4 heterocycles. The molecule has 50 heteroatoms. The van der Waals surface area contributed by atoms with Crippen molar-refractivity contribution >= 4 is 135 Å². The Morgan fingerprint density at radius 3 is 1.80 bits per heavy atom. The van der Waals surface area contributed by atoms with E-state index in [-0.39, 0.29) is 146 Å². The van der Waals surface area contributed by atoms with Crippen LogP contribution in [0.2, 0.25) is 0 Å². The van der Waals surface area contributed by atoms with Gasteiger partial charge in [0.25, 0.3) is 0 Å². The highest BCUT2D eigenvalue weighted by Crippen LogP contribution is 2.24. The zero-order valence-corrected chi connectivity index (χ0v) is 84.7. The number of imidazole rings is 1. The van der Waals surface area contributed by atoms with Gasteiger partial charge in [0.05, 0.1) is 83.2 Å². The lowest BCUT2D eigenvalue weighted by molar-refractivity contribution is -0.143. The summed E-state index contributed by atoms with van der Waals surface area (Å²) in [6.45, 7) is 0.0398. The number of hydrogen-bond donors (Lipinski definition) is 24. The number of benzene rings is 2. The van der Waals surface area contributed by atoms with Crippen LogP contribution in [-0.2, 0) is 125 Å². The Labute approximate surface area is 858 Å². The number of carboxylic acids is 3. The summed E-state index contributed by atoms with van der Waals surface area (Å²) < 4.78 is 10.7. The van der Waals surface area contributed by atoms with Crippen LogP contribution in [0.1, 0.15) is 211 Å². The number of aromatic amines is 2. The second-order valence-corrected chi connectivity index (χ2v) is 36.4. The first kappa shape index (κ1) is 124. The van der Waals surface area contributed by atoms with Crippen LogP contribution in [0.5, 0.6) is 0 Å². The van der Waals surface area contributed by atoms with Crippen molar-refractivity contribution < 1.29 is 131 Å². The van der Waals surface area contributed by atoms with Gasteiger partial charge in [-0.2, -0.15) is 0 Å². The second kappa shape index (κ2) is 70.0. The largest absolute Gasteiger partial charge is 0.481 e. The third-order valence-electron chi connectivity index (χ3n) is 24.2. The quantitative estimate of drug-likeness (QED) is 0.0119. The molecule has 12 atom stereocenters. The summed E-state index contributed by atoms with van der Waals surface area (Å²) >= 11 is 0. The van der Waals surface area contributed by atoms with Gasteiger partial charge in [-0.15, -0.1) is 0 Å². The highest BCUT2D eigenvalue weighted by atomic mass is 16.5. The summed E-state index contributed by atoms with van der Waals surface area (Å²) in [6, 6.07) is 2.01. The summed E-state index contributed by atoms with van der Waals surface area (Å²) in [6.07, 6.45) is 18.1. The number of hydrogen-bond acceptors (Lipinski definition) is 28. The maximum absolute atomic E-state index is 14.4. The summed E-state index contributed by atoms with van der Waals surface area (Å²) in [5.41, 5.74) is 18.9. The molecule has 0 saturated carbocycles. The third kappa shape index (κ3) is 50.4. The second-order valence-electron chi connectivity index (χ2n) is 36.4. The molecule has 2 aliphatic heterocycles. The molecule has 0 aliphatic carbocycles. The number of Topliss-reactive ketones (excluding diaryl/α,β-unsaturated/α-hetero) is 2. The van der Waals surface area contributed by atoms with Crippen LogP contribution in [0.4, 0.5) is 0 Å². The van der Waals surface area contributed by atoms with Crippen molar-refractivity contribution in [3.05, 3.63) is 90.1 Å². The smallest absolute Gasteiger partial charge is 0.317 e. The van der Waals surface area contributed by atoms with Crippen molar-refractivity contribution in [2.75, 3.05) is 99.0 Å². The minimum absolute atomic E-state index is 0.00372. The molecule has 2 aromatic carbocycles. The SMILES string of the molecule is CCCC[C@H](NC(=O)[C@H](CNC(=O)CN(CC(=O)O)CC(=O)O)NC(=O)[C@H](Cc1cnc[nH]1)NC(=O)[C@H](CCC(N)=O)NC(=O)[C@H](CO)NC(=O)CNC(=O)COCCOCCNC(=O)CCCCCCCCCCCCCCC(=O)O)C(C)=O.CN[C@H]1CCC(=O)NCCCC[C@@H](C(C)=O)NC(=O)[C@H](Cc2c[nH]c3ccccc23)NC(=O)[C@H](CCCN=C(N)N)NC(=O)[C@@H](Cc2ccccc2)NC(=O)[C@@H]2C[C@@H](O)CN2C1=O. The van der Waals surface area contributed by atoms with Crippen LogP contribution >= 0.6 is 0 Å². The Kier molecular flexibility index (Phi) is 58.9. The first-order valence-electron chi connectivity index (χ1n) is 50.3. The minimum atomic E-state index is -1.72. The standard InChI is InChI=1S/C54H90N12O19.C44H61N11O8/c1-3-4-17-38(36(2)68)62-53(82)41(28-58-46(72)30-66(31-49(76)77)32-50(78)79)65-52(81)40(26-37-27-56-35-60-37)64-51(80)39(20-21-43(55)69)63-54(83)42(33-67)61-45(71)29-59-47(73)34-85-25-24-84-23-22-57-44(70)18-15-13-11-9-7-5-6-8-10-12-14-16-19-48(74)75;1-26(56)31-14-8-9-19-48-38(58)18-17-34(47-2)43(63)55-25-29(57)23-37(55)42(62)54-35(21-27-11-4-3-5-12-27)40(60)52-33(16-10-20-49-44(45)46)39(59)53-36(41(61)51-31)22-28-24-50-32-15-7-6-13-30(28)32/h27,35,38-42,67H,3-26,28-34H2,1-2H3,(H2,55,69)(H,56,60)(H,57,70)(H,58,72)(H,59,73)(H,61,71)(H,62,82)(H,63,83)(H,64,80)(H,65,81)(H,74,75)(H,76,77)(H,78,79);3-7,11-13,15,24,29,31,33-37,47,50,57H,8-10,14,16-23,25H2,1-2H3,(H,48,58)(H,51,61)(H,52,60)(H,53,59)(H,54,62)(H4,45,46,49)/t38-,39-,40-,41-,42-;29-,31+,33+,34+,35-,36+,37+/m01/s1. The molecule has 2 aliphatic rings. The van der Waals surface area contributed by atoms with Crippen molar-refractivity contribution in [1.29, 1.82) is 0 Å². The van der Waals surface area contributed by atoms with E-state index in [4.69, 9.17) is 31.8 Å². The summed E-state index contributed by atoms with van der Waals surface area (Å²) in [5, 5.41) is 85.0. The number of aliphatic imine (C=N–C) groups is 1. The molecule has 6 rings (SSSR count). The van der Waals surface area contributed by atoms with E-state index >= 15 is 0 Å². The molecule has 148 heavy (non-hydrogen) atoms. The van der Waals surface area contributed by atoms with Gasteiger partial charge in [0, 0.05) is 113 Å². The fraction of sp³-hybridized carbons (Fsp3) is 0.612. The summed E-state index contributed by atoms with van der Waals surface area (Å²) in [7, 11) is 1.57. The normalized spacial score (nSPS) is 18.0. The summed E-state index contributed by atoms with van der Waals surface area (Å²) in [4.78, 5) is 276. The Hall–Kier alpha value is -14.0. The topological polar surface area (TPSA) is 771 Å². The number of aromatic nitrogens is 3. The maximum atomic E-state index is 14.4. The number of carbonyl (C=O) groups excluding carboxylic acids is 17. The van der Waals surface area contributed by atoms with Crippen LogP contribution in [0, 0.1) is 0 Å². The Morgan fingerprint density at radius 2 is 1.17 bits per heavy atom. The molecule has 15 amide bonds. The number of H-pyrrole nitrogens is 2. The Morgan fingerprint density at radius 1 is 0.574 bits per heavy atom. The number of carboxylic acid groups (broad SMARTS) is 3. The highest BCUT2D eigenvalue weighted by Gasteiger charge is 2.43. The predicted octanol–water partition coefficient (Wildman–Crippen LogP) is -3.02. The van der Waals surface area contributed by atoms with E-state index in [1.807, 2.05) is 31.2 Å². The zero-order valence-electron chi connectivity index (χ0n) is 84.7. The highest BCUT2D eigenvalue weighted by molar-refractivity contribution is 6.00. The molecule has 0 bridgehead atoms. The van der Waals surface area contributed by atoms with Crippen molar-refractivity contribution in [2.24, 2.45) is 22.2 Å². The number of aliphatic hydroxyl groups is 2. The monoisotopic (exact) mass is 2080 g/mol. The number of unbranched alkanes of at least 4 members (excludes halogenated alkanes) is 12. The number of ketones is 2. The van der Waals surface area contributed by atoms with Gasteiger partial charge in [-0.1, -0.05) is 133 Å². The third-order valence-corrected chi connectivity index (χ3v) is 24.2. The number of nitrogens with zero attached hydrogens (tertiary/aromatic N) is 4. The van der Waals surface area contributed by atoms with Gasteiger partial charge >= 0.3 is 17.9 Å². The number of aliphatic carboxylic acids is 3. The molecule has 2 aromatic heterocycles. The van der Waals surface area contributed by atoms with Crippen LogP contribution < -0.4 is 91.6 Å². The van der Waals surface area contributed by atoms with E-state index in [2.05, 4.69) is 94.4 Å². The van der Waals surface area contributed by atoms with Crippen molar-refractivity contribution in [3.8, 4) is 0 Å².